The van der Waals surface area contributed by atoms with E-state index in [0.29, 0.717) is 5.75 Å². The molecular weight excluding hydrogens is 366 g/mol. The molecule has 4 N–H and O–H groups in total. The number of benzene rings is 2. The SMILES string of the molecule is COc1ccc(C(O)C(O)CCNC(=O)OCc2ccccc2)c(C(=O)O)c1. The fourth-order valence-corrected chi connectivity index (χ4v) is 2.57. The molecule has 0 saturated heterocycles. The van der Waals surface area contributed by atoms with Gasteiger partial charge in [0, 0.05) is 6.54 Å². The number of aliphatic hydroxyl groups is 2. The summed E-state index contributed by atoms with van der Waals surface area (Å²) in [6.07, 6.45) is -3.35. The van der Waals surface area contributed by atoms with Crippen LogP contribution >= 0.6 is 0 Å². The molecule has 2 atom stereocenters. The average molecular weight is 389 g/mol. The third-order valence-electron chi connectivity index (χ3n) is 4.10. The van der Waals surface area contributed by atoms with Crippen molar-refractivity contribution in [2.24, 2.45) is 0 Å². The van der Waals surface area contributed by atoms with Crippen LogP contribution in [0.25, 0.3) is 0 Å². The van der Waals surface area contributed by atoms with Gasteiger partial charge in [0.25, 0.3) is 0 Å². The number of amides is 1. The number of carboxylic acids is 1. The van der Waals surface area contributed by atoms with Crippen LogP contribution in [0.1, 0.15) is 34.0 Å². The lowest BCUT2D eigenvalue weighted by Gasteiger charge is -2.20. The minimum atomic E-state index is -1.43. The molecule has 0 radical (unpaired) electrons. The monoisotopic (exact) mass is 389 g/mol. The van der Waals surface area contributed by atoms with E-state index >= 15 is 0 Å². The number of hydrogen-bond donors (Lipinski definition) is 4. The normalized spacial score (nSPS) is 12.7. The molecule has 0 spiro atoms. The molecule has 2 unspecified atom stereocenters. The number of nitrogens with one attached hydrogen (secondary N) is 1. The van der Waals surface area contributed by atoms with E-state index in [0.717, 1.165) is 5.56 Å². The summed E-state index contributed by atoms with van der Waals surface area (Å²) in [6.45, 7) is 0.163. The van der Waals surface area contributed by atoms with E-state index in [9.17, 15) is 24.9 Å². The van der Waals surface area contributed by atoms with Gasteiger partial charge in [-0.1, -0.05) is 36.4 Å². The topological polar surface area (TPSA) is 125 Å². The number of rotatable bonds is 9. The molecule has 150 valence electrons. The minimum absolute atomic E-state index is 0.00664. The first-order valence-corrected chi connectivity index (χ1v) is 8.64. The van der Waals surface area contributed by atoms with Crippen molar-refractivity contribution < 1.29 is 34.4 Å². The van der Waals surface area contributed by atoms with Crippen molar-refractivity contribution in [3.63, 3.8) is 0 Å². The number of ether oxygens (including phenoxy) is 2. The molecule has 0 fully saturated rings. The molecule has 0 saturated carbocycles. The summed E-state index contributed by atoms with van der Waals surface area (Å²) in [5, 5.41) is 32.2. The highest BCUT2D eigenvalue weighted by molar-refractivity contribution is 5.90. The molecule has 8 nitrogen and oxygen atoms in total. The van der Waals surface area contributed by atoms with Crippen molar-refractivity contribution >= 4 is 12.1 Å². The van der Waals surface area contributed by atoms with Gasteiger partial charge in [-0.25, -0.2) is 9.59 Å². The molecule has 8 heteroatoms. The lowest BCUT2D eigenvalue weighted by atomic mass is 9.96. The first kappa shape index (κ1) is 21.2. The Bertz CT molecular complexity index is 794. The van der Waals surface area contributed by atoms with Crippen LogP contribution in [-0.4, -0.2) is 47.1 Å². The summed E-state index contributed by atoms with van der Waals surface area (Å²) in [5.41, 5.74) is 0.738. The molecule has 2 aromatic rings. The van der Waals surface area contributed by atoms with Crippen molar-refractivity contribution in [1.29, 1.82) is 0 Å². The van der Waals surface area contributed by atoms with Crippen molar-refractivity contribution in [3.05, 3.63) is 65.2 Å². The molecule has 0 bridgehead atoms. The summed E-state index contributed by atoms with van der Waals surface area (Å²) >= 11 is 0. The molecule has 0 aromatic heterocycles. The number of aromatic carboxylic acids is 1. The van der Waals surface area contributed by atoms with Gasteiger partial charge >= 0.3 is 12.1 Å². The maximum absolute atomic E-state index is 11.7. The molecule has 2 aromatic carbocycles. The number of aliphatic hydroxyl groups excluding tert-OH is 2. The number of carboxylic acid groups (broad SMARTS) is 1. The van der Waals surface area contributed by atoms with Crippen molar-refractivity contribution in [2.45, 2.75) is 25.2 Å². The van der Waals surface area contributed by atoms with Crippen LogP contribution < -0.4 is 10.1 Å². The summed E-state index contributed by atoms with van der Waals surface area (Å²) < 4.78 is 10.0. The van der Waals surface area contributed by atoms with Crippen LogP contribution in [0, 0.1) is 0 Å². The Morgan fingerprint density at radius 2 is 1.82 bits per heavy atom. The lowest BCUT2D eigenvalue weighted by molar-refractivity contribution is 0.0127. The Morgan fingerprint density at radius 1 is 1.11 bits per heavy atom. The summed E-state index contributed by atoms with van der Waals surface area (Å²) in [7, 11) is 1.40. The maximum Gasteiger partial charge on any atom is 0.407 e. The second kappa shape index (κ2) is 10.3. The van der Waals surface area contributed by atoms with E-state index in [1.165, 1.54) is 25.3 Å². The summed E-state index contributed by atoms with van der Waals surface area (Å²) in [5.74, 6) is -0.923. The average Bonchev–Trinajstić information content (AvgIpc) is 2.71. The number of hydrogen-bond acceptors (Lipinski definition) is 6. The molecule has 1 amide bonds. The van der Waals surface area contributed by atoms with E-state index < -0.39 is 24.3 Å². The number of carbonyl (C=O) groups excluding carboxylic acids is 1. The van der Waals surface area contributed by atoms with Gasteiger partial charge in [0.15, 0.2) is 0 Å². The van der Waals surface area contributed by atoms with Crippen LogP contribution in [0.5, 0.6) is 5.75 Å². The minimum Gasteiger partial charge on any atom is -0.497 e. The molecule has 0 aliphatic carbocycles. The third-order valence-corrected chi connectivity index (χ3v) is 4.10. The van der Waals surface area contributed by atoms with Gasteiger partial charge < -0.3 is 30.1 Å². The van der Waals surface area contributed by atoms with Crippen LogP contribution in [0.15, 0.2) is 48.5 Å². The molecule has 0 aliphatic rings. The van der Waals surface area contributed by atoms with Gasteiger partial charge in [-0.05, 0) is 29.7 Å². The fraction of sp³-hybridized carbons (Fsp3) is 0.300. The Kier molecular flexibility index (Phi) is 7.79. The zero-order valence-corrected chi connectivity index (χ0v) is 15.4. The molecular formula is C20H23NO7. The van der Waals surface area contributed by atoms with E-state index in [4.69, 9.17) is 9.47 Å². The van der Waals surface area contributed by atoms with Gasteiger partial charge in [0.1, 0.15) is 18.5 Å². The van der Waals surface area contributed by atoms with Gasteiger partial charge in [-0.3, -0.25) is 0 Å². The molecule has 0 aliphatic heterocycles. The Hall–Kier alpha value is -3.10. The zero-order valence-electron chi connectivity index (χ0n) is 15.4. The Labute approximate surface area is 162 Å². The lowest BCUT2D eigenvalue weighted by Crippen LogP contribution is -2.30. The van der Waals surface area contributed by atoms with Gasteiger partial charge in [0.2, 0.25) is 0 Å². The summed E-state index contributed by atoms with van der Waals surface area (Å²) in [4.78, 5) is 23.1. The molecule has 0 heterocycles. The number of carbonyl (C=O) groups is 2. The van der Waals surface area contributed by atoms with E-state index in [2.05, 4.69) is 5.32 Å². The smallest absolute Gasteiger partial charge is 0.407 e. The number of methoxy groups -OCH3 is 1. The van der Waals surface area contributed by atoms with Crippen LogP contribution in [0.4, 0.5) is 4.79 Å². The predicted molar refractivity (Wildman–Crippen MR) is 100 cm³/mol. The number of alkyl carbamates (subject to hydrolysis) is 1. The quantitative estimate of drug-likeness (QED) is 0.517. The maximum atomic E-state index is 11.7. The van der Waals surface area contributed by atoms with Crippen LogP contribution in [0.2, 0.25) is 0 Å². The van der Waals surface area contributed by atoms with E-state index in [-0.39, 0.29) is 30.7 Å². The predicted octanol–water partition coefficient (Wildman–Crippen LogP) is 2.10. The van der Waals surface area contributed by atoms with E-state index in [1.54, 1.807) is 0 Å². The van der Waals surface area contributed by atoms with Crippen molar-refractivity contribution in [3.8, 4) is 5.75 Å². The van der Waals surface area contributed by atoms with Crippen LogP contribution in [0.3, 0.4) is 0 Å². The highest BCUT2D eigenvalue weighted by Crippen LogP contribution is 2.26. The standard InChI is InChI=1S/C20H23NO7/c1-27-14-7-8-15(16(11-14)19(24)25)18(23)17(22)9-10-21-20(26)28-12-13-5-3-2-4-6-13/h2-8,11,17-18,22-23H,9-10,12H2,1H3,(H,21,26)(H,24,25). The first-order valence-electron chi connectivity index (χ1n) is 8.64. The fourth-order valence-electron chi connectivity index (χ4n) is 2.57. The Balaban J connectivity index is 1.84. The van der Waals surface area contributed by atoms with Gasteiger partial charge in [-0.15, -0.1) is 0 Å². The second-order valence-corrected chi connectivity index (χ2v) is 6.05. The van der Waals surface area contributed by atoms with E-state index in [1.807, 2.05) is 30.3 Å². The highest BCUT2D eigenvalue weighted by atomic mass is 16.5. The molecule has 2 rings (SSSR count). The first-order chi connectivity index (χ1) is 13.4. The van der Waals surface area contributed by atoms with Crippen LogP contribution in [-0.2, 0) is 11.3 Å². The second-order valence-electron chi connectivity index (χ2n) is 6.05. The highest BCUT2D eigenvalue weighted by Gasteiger charge is 2.24. The van der Waals surface area contributed by atoms with Crippen molar-refractivity contribution in [2.75, 3.05) is 13.7 Å². The zero-order chi connectivity index (χ0) is 20.5. The Morgan fingerprint density at radius 3 is 2.46 bits per heavy atom. The van der Waals surface area contributed by atoms with Gasteiger partial charge in [0.05, 0.1) is 18.8 Å². The van der Waals surface area contributed by atoms with Crippen molar-refractivity contribution in [1.82, 2.24) is 5.32 Å². The van der Waals surface area contributed by atoms with Gasteiger partial charge in [-0.2, -0.15) is 0 Å². The molecule has 28 heavy (non-hydrogen) atoms. The third kappa shape index (κ3) is 5.97. The largest absolute Gasteiger partial charge is 0.497 e. The summed E-state index contributed by atoms with van der Waals surface area (Å²) in [6, 6.07) is 13.3.